The number of nitrogens with one attached hydrogen (secondary N) is 1. The molecule has 2 rings (SSSR count). The molecule has 0 bridgehead atoms. The predicted molar refractivity (Wildman–Crippen MR) is 69.8 cm³/mol. The van der Waals surface area contributed by atoms with Crippen LogP contribution in [-0.2, 0) is 6.42 Å². The summed E-state index contributed by atoms with van der Waals surface area (Å²) in [5, 5.41) is 7.58. The van der Waals surface area contributed by atoms with Gasteiger partial charge in [0.05, 0.1) is 15.6 Å². The van der Waals surface area contributed by atoms with E-state index in [2.05, 4.69) is 15.5 Å². The van der Waals surface area contributed by atoms with Crippen molar-refractivity contribution in [3.8, 4) is 0 Å². The molecular formula is C11H14N4O2S. The number of nitrogens with two attached hydrogens (primary N) is 1. The lowest BCUT2D eigenvalue weighted by atomic mass is 10.2. The minimum absolute atomic E-state index is 0.0717. The minimum Gasteiger partial charge on any atom is -0.397 e. The van der Waals surface area contributed by atoms with Crippen molar-refractivity contribution < 1.29 is 9.32 Å². The predicted octanol–water partition coefficient (Wildman–Crippen LogP) is 1.96. The largest absolute Gasteiger partial charge is 0.397 e. The average Bonchev–Trinajstić information content (AvgIpc) is 2.98. The molecular weight excluding hydrogens is 252 g/mol. The molecule has 6 nitrogen and oxygen atoms in total. The SMILES string of the molecule is CCC(=O)c1sc(NCCc2ncno2)cc1N. The van der Waals surface area contributed by atoms with Gasteiger partial charge < -0.3 is 15.6 Å². The minimum atomic E-state index is 0.0717. The van der Waals surface area contributed by atoms with E-state index in [9.17, 15) is 4.79 Å². The number of nitrogens with zero attached hydrogens (tertiary/aromatic N) is 2. The summed E-state index contributed by atoms with van der Waals surface area (Å²) in [5.41, 5.74) is 6.33. The maximum absolute atomic E-state index is 11.6. The number of ketones is 1. The van der Waals surface area contributed by atoms with Crippen molar-refractivity contribution in [3.63, 3.8) is 0 Å². The molecule has 7 heteroatoms. The summed E-state index contributed by atoms with van der Waals surface area (Å²) in [4.78, 5) is 16.1. The molecule has 0 aliphatic rings. The molecule has 0 spiro atoms. The Kier molecular flexibility index (Phi) is 3.93. The Balaban J connectivity index is 1.92. The molecule has 0 aliphatic carbocycles. The number of thiophene rings is 1. The molecule has 2 aromatic rings. The summed E-state index contributed by atoms with van der Waals surface area (Å²) in [5.74, 6) is 0.652. The first-order chi connectivity index (χ1) is 8.70. The molecule has 0 amide bonds. The Morgan fingerprint density at radius 3 is 3.11 bits per heavy atom. The van der Waals surface area contributed by atoms with Crippen LogP contribution in [0.5, 0.6) is 0 Å². The molecule has 96 valence electrons. The van der Waals surface area contributed by atoms with Gasteiger partial charge in [-0.05, 0) is 6.07 Å². The number of hydrogen-bond donors (Lipinski definition) is 2. The van der Waals surface area contributed by atoms with Gasteiger partial charge >= 0.3 is 0 Å². The van der Waals surface area contributed by atoms with Crippen molar-refractivity contribution in [1.82, 2.24) is 10.1 Å². The van der Waals surface area contributed by atoms with Crippen LogP contribution >= 0.6 is 11.3 Å². The zero-order valence-corrected chi connectivity index (χ0v) is 10.8. The van der Waals surface area contributed by atoms with Gasteiger partial charge in [-0.25, -0.2) is 0 Å². The van der Waals surface area contributed by atoms with E-state index >= 15 is 0 Å². The summed E-state index contributed by atoms with van der Waals surface area (Å²) >= 11 is 1.38. The van der Waals surface area contributed by atoms with E-state index < -0.39 is 0 Å². The summed E-state index contributed by atoms with van der Waals surface area (Å²) in [6, 6.07) is 1.78. The fourth-order valence-electron chi connectivity index (χ4n) is 1.47. The maximum Gasteiger partial charge on any atom is 0.228 e. The van der Waals surface area contributed by atoms with E-state index in [4.69, 9.17) is 10.3 Å². The molecule has 18 heavy (non-hydrogen) atoms. The van der Waals surface area contributed by atoms with E-state index in [0.717, 1.165) is 5.00 Å². The van der Waals surface area contributed by atoms with Crippen molar-refractivity contribution in [1.29, 1.82) is 0 Å². The second-order valence-corrected chi connectivity index (χ2v) is 4.74. The quantitative estimate of drug-likeness (QED) is 0.776. The molecule has 2 heterocycles. The highest BCUT2D eigenvalue weighted by atomic mass is 32.1. The molecule has 0 unspecified atom stereocenters. The van der Waals surface area contributed by atoms with Crippen molar-refractivity contribution in [2.75, 3.05) is 17.6 Å². The number of rotatable bonds is 6. The third-order valence-corrected chi connectivity index (χ3v) is 3.53. The average molecular weight is 266 g/mol. The van der Waals surface area contributed by atoms with Crippen LogP contribution in [0, 0.1) is 0 Å². The standard InChI is InChI=1S/C11H14N4O2S/c1-2-8(16)11-7(12)5-10(18-11)13-4-3-9-14-6-15-17-9/h5-6,13H,2-4,12H2,1H3. The lowest BCUT2D eigenvalue weighted by Crippen LogP contribution is -2.03. The Hall–Kier alpha value is -1.89. The Morgan fingerprint density at radius 2 is 2.44 bits per heavy atom. The Labute approximate surface area is 108 Å². The van der Waals surface area contributed by atoms with Crippen LogP contribution in [0.3, 0.4) is 0 Å². The first-order valence-electron chi connectivity index (χ1n) is 5.62. The highest BCUT2D eigenvalue weighted by Gasteiger charge is 2.12. The van der Waals surface area contributed by atoms with Gasteiger partial charge in [-0.2, -0.15) is 4.98 Å². The first-order valence-corrected chi connectivity index (χ1v) is 6.44. The second-order valence-electron chi connectivity index (χ2n) is 3.68. The highest BCUT2D eigenvalue weighted by molar-refractivity contribution is 7.18. The molecule has 0 radical (unpaired) electrons. The van der Waals surface area contributed by atoms with Gasteiger partial charge in [0.2, 0.25) is 5.89 Å². The van der Waals surface area contributed by atoms with Gasteiger partial charge in [0.25, 0.3) is 0 Å². The number of aromatic nitrogens is 2. The van der Waals surface area contributed by atoms with E-state index in [1.807, 2.05) is 6.92 Å². The summed E-state index contributed by atoms with van der Waals surface area (Å²) in [7, 11) is 0. The molecule has 0 saturated carbocycles. The number of Topliss-reactive ketones (excluding diaryl/α,β-unsaturated/α-hetero) is 1. The smallest absolute Gasteiger partial charge is 0.228 e. The van der Waals surface area contributed by atoms with Gasteiger partial charge in [-0.1, -0.05) is 12.1 Å². The number of anilines is 2. The van der Waals surface area contributed by atoms with E-state index in [1.165, 1.54) is 17.7 Å². The molecule has 2 aromatic heterocycles. The first kappa shape index (κ1) is 12.6. The number of carbonyl (C=O) groups is 1. The summed E-state index contributed by atoms with van der Waals surface area (Å²) in [6.07, 6.45) is 2.47. The van der Waals surface area contributed by atoms with Crippen LogP contribution in [0.4, 0.5) is 10.7 Å². The van der Waals surface area contributed by atoms with Gasteiger partial charge in [0.1, 0.15) is 0 Å². The van der Waals surface area contributed by atoms with Crippen molar-refractivity contribution in [2.45, 2.75) is 19.8 Å². The summed E-state index contributed by atoms with van der Waals surface area (Å²) < 4.78 is 4.88. The van der Waals surface area contributed by atoms with Crippen molar-refractivity contribution >= 4 is 27.8 Å². The number of carbonyl (C=O) groups excluding carboxylic acids is 1. The molecule has 0 saturated heterocycles. The van der Waals surface area contributed by atoms with Crippen LogP contribution in [0.15, 0.2) is 16.9 Å². The molecule has 0 fully saturated rings. The molecule has 3 N–H and O–H groups in total. The van der Waals surface area contributed by atoms with Crippen LogP contribution in [0.1, 0.15) is 28.9 Å². The summed E-state index contributed by atoms with van der Waals surface area (Å²) in [6.45, 7) is 2.48. The van der Waals surface area contributed by atoms with Crippen molar-refractivity contribution in [3.05, 3.63) is 23.2 Å². The Morgan fingerprint density at radius 1 is 1.61 bits per heavy atom. The number of nitrogen functional groups attached to an aromatic ring is 1. The van der Waals surface area contributed by atoms with Crippen molar-refractivity contribution in [2.24, 2.45) is 0 Å². The third-order valence-electron chi connectivity index (χ3n) is 2.38. The Bertz CT molecular complexity index is 521. The zero-order chi connectivity index (χ0) is 13.0. The third kappa shape index (κ3) is 2.86. The fraction of sp³-hybridized carbons (Fsp3) is 0.364. The van der Waals surface area contributed by atoms with E-state index in [0.29, 0.717) is 35.8 Å². The maximum atomic E-state index is 11.6. The lowest BCUT2D eigenvalue weighted by Gasteiger charge is -1.99. The molecule has 0 aromatic carbocycles. The lowest BCUT2D eigenvalue weighted by molar-refractivity contribution is 0.0993. The second kappa shape index (κ2) is 5.63. The van der Waals surface area contributed by atoms with Gasteiger partial charge in [-0.3, -0.25) is 4.79 Å². The van der Waals surface area contributed by atoms with Gasteiger partial charge in [0.15, 0.2) is 12.1 Å². The van der Waals surface area contributed by atoms with Crippen LogP contribution < -0.4 is 11.1 Å². The van der Waals surface area contributed by atoms with E-state index in [-0.39, 0.29) is 5.78 Å². The zero-order valence-electron chi connectivity index (χ0n) is 9.97. The normalized spacial score (nSPS) is 10.5. The fourth-order valence-corrected chi connectivity index (χ4v) is 2.48. The van der Waals surface area contributed by atoms with Crippen LogP contribution in [0.2, 0.25) is 0 Å². The van der Waals surface area contributed by atoms with Gasteiger partial charge in [-0.15, -0.1) is 11.3 Å². The van der Waals surface area contributed by atoms with E-state index in [1.54, 1.807) is 6.07 Å². The van der Waals surface area contributed by atoms with Crippen LogP contribution in [0.25, 0.3) is 0 Å². The molecule has 0 atom stereocenters. The van der Waals surface area contributed by atoms with Crippen LogP contribution in [-0.4, -0.2) is 22.5 Å². The highest BCUT2D eigenvalue weighted by Crippen LogP contribution is 2.30. The van der Waals surface area contributed by atoms with Gasteiger partial charge in [0, 0.05) is 19.4 Å². The monoisotopic (exact) mass is 266 g/mol. The molecule has 0 aliphatic heterocycles. The number of hydrogen-bond acceptors (Lipinski definition) is 7. The topological polar surface area (TPSA) is 94.0 Å².